The molecule has 5 nitrogen and oxygen atoms in total. The number of hydrogen-bond donors (Lipinski definition) is 2. The van der Waals surface area contributed by atoms with Crippen LogP contribution < -0.4 is 10.6 Å². The quantitative estimate of drug-likeness (QED) is 0.209. The van der Waals surface area contributed by atoms with Crippen LogP contribution in [0.25, 0.3) is 0 Å². The zero-order valence-electron chi connectivity index (χ0n) is 14.8. The highest BCUT2D eigenvalue weighted by Crippen LogP contribution is 2.19. The van der Waals surface area contributed by atoms with Gasteiger partial charge in [0.25, 0.3) is 0 Å². The predicted molar refractivity (Wildman–Crippen MR) is 109 cm³/mol. The molecule has 2 N–H and O–H groups in total. The van der Waals surface area contributed by atoms with E-state index in [0.717, 1.165) is 31.2 Å². The molecule has 1 aliphatic rings. The van der Waals surface area contributed by atoms with Crippen LogP contribution in [0.15, 0.2) is 27.8 Å². The van der Waals surface area contributed by atoms with Crippen LogP contribution >= 0.6 is 24.0 Å². The summed E-state index contributed by atoms with van der Waals surface area (Å²) in [6.07, 6.45) is 10.8. The minimum absolute atomic E-state index is 0. The van der Waals surface area contributed by atoms with Crippen LogP contribution in [0.3, 0.4) is 0 Å². The number of nitrogens with zero attached hydrogens (tertiary/aromatic N) is 1. The SMILES string of the molecule is CCNC(=NCCOC1CCCCCC1)NCCc1ccco1.I. The lowest BCUT2D eigenvalue weighted by molar-refractivity contribution is 0.0487. The number of nitrogens with one attached hydrogen (secondary N) is 2. The first-order chi connectivity index (χ1) is 11.4. The molecule has 1 aliphatic carbocycles. The van der Waals surface area contributed by atoms with E-state index >= 15 is 0 Å². The molecule has 1 saturated carbocycles. The molecule has 0 saturated heterocycles. The van der Waals surface area contributed by atoms with Gasteiger partial charge in [-0.2, -0.15) is 0 Å². The number of halogens is 1. The number of aliphatic imine (C=N–C) groups is 1. The highest BCUT2D eigenvalue weighted by atomic mass is 127. The van der Waals surface area contributed by atoms with Gasteiger partial charge in [0.05, 0.1) is 25.5 Å². The molecule has 0 radical (unpaired) electrons. The third kappa shape index (κ3) is 8.92. The monoisotopic (exact) mass is 449 g/mol. The summed E-state index contributed by atoms with van der Waals surface area (Å²) < 4.78 is 11.3. The van der Waals surface area contributed by atoms with Gasteiger partial charge in [-0.15, -0.1) is 24.0 Å². The first kappa shape index (κ1) is 21.3. The van der Waals surface area contributed by atoms with Crippen molar-refractivity contribution in [1.29, 1.82) is 0 Å². The summed E-state index contributed by atoms with van der Waals surface area (Å²) in [6, 6.07) is 3.91. The van der Waals surface area contributed by atoms with E-state index in [9.17, 15) is 0 Å². The van der Waals surface area contributed by atoms with Crippen LogP contribution in [0.5, 0.6) is 0 Å². The third-order valence-corrected chi connectivity index (χ3v) is 4.11. The van der Waals surface area contributed by atoms with Crippen molar-refractivity contribution in [2.45, 2.75) is 58.0 Å². The first-order valence-electron chi connectivity index (χ1n) is 9.04. The van der Waals surface area contributed by atoms with Gasteiger partial charge in [0.1, 0.15) is 5.76 Å². The van der Waals surface area contributed by atoms with Crippen molar-refractivity contribution >= 4 is 29.9 Å². The van der Waals surface area contributed by atoms with Gasteiger partial charge in [0, 0.05) is 19.5 Å². The molecule has 138 valence electrons. The van der Waals surface area contributed by atoms with Crippen LogP contribution in [0.2, 0.25) is 0 Å². The topological polar surface area (TPSA) is 58.8 Å². The van der Waals surface area contributed by atoms with Crippen molar-refractivity contribution in [3.05, 3.63) is 24.2 Å². The van der Waals surface area contributed by atoms with E-state index in [4.69, 9.17) is 9.15 Å². The van der Waals surface area contributed by atoms with Crippen molar-refractivity contribution in [3.63, 3.8) is 0 Å². The standard InChI is InChI=1S/C18H31N3O2.HI/c1-2-19-18(20-12-11-17-10-7-14-22-17)21-13-15-23-16-8-5-3-4-6-9-16;/h7,10,14,16H,2-6,8-9,11-13,15H2,1H3,(H2,19,20,21);1H. The highest BCUT2D eigenvalue weighted by Gasteiger charge is 2.11. The maximum Gasteiger partial charge on any atom is 0.191 e. The first-order valence-corrected chi connectivity index (χ1v) is 9.04. The largest absolute Gasteiger partial charge is 0.469 e. The molecule has 2 rings (SSSR count). The number of hydrogen-bond acceptors (Lipinski definition) is 3. The maximum absolute atomic E-state index is 5.98. The van der Waals surface area contributed by atoms with Crippen LogP contribution in [-0.2, 0) is 11.2 Å². The lowest BCUT2D eigenvalue weighted by Gasteiger charge is -2.15. The van der Waals surface area contributed by atoms with Gasteiger partial charge in [-0.3, -0.25) is 4.99 Å². The molecule has 0 spiro atoms. The van der Waals surface area contributed by atoms with Crippen LogP contribution in [0.1, 0.15) is 51.2 Å². The van der Waals surface area contributed by atoms with E-state index in [1.165, 1.54) is 38.5 Å². The van der Waals surface area contributed by atoms with Gasteiger partial charge in [-0.1, -0.05) is 25.7 Å². The Bertz CT molecular complexity index is 429. The Balaban J connectivity index is 0.00000288. The minimum atomic E-state index is 0. The van der Waals surface area contributed by atoms with Crippen LogP contribution in [0.4, 0.5) is 0 Å². The van der Waals surface area contributed by atoms with Gasteiger partial charge >= 0.3 is 0 Å². The summed E-state index contributed by atoms with van der Waals surface area (Å²) in [5, 5.41) is 6.59. The van der Waals surface area contributed by atoms with Gasteiger partial charge in [0.15, 0.2) is 5.96 Å². The summed E-state index contributed by atoms with van der Waals surface area (Å²) in [7, 11) is 0. The van der Waals surface area contributed by atoms with Crippen molar-refractivity contribution in [2.75, 3.05) is 26.2 Å². The van der Waals surface area contributed by atoms with Gasteiger partial charge < -0.3 is 19.8 Å². The molecule has 0 aromatic carbocycles. The molecule has 1 aromatic rings. The van der Waals surface area contributed by atoms with E-state index < -0.39 is 0 Å². The number of guanidine groups is 1. The highest BCUT2D eigenvalue weighted by molar-refractivity contribution is 14.0. The molecule has 0 aliphatic heterocycles. The summed E-state index contributed by atoms with van der Waals surface area (Å²) in [5.74, 6) is 1.84. The second kappa shape index (κ2) is 13.5. The lowest BCUT2D eigenvalue weighted by atomic mass is 10.1. The Kier molecular flexibility index (Phi) is 12.0. The van der Waals surface area contributed by atoms with Crippen molar-refractivity contribution < 1.29 is 9.15 Å². The molecular formula is C18H32IN3O2. The number of rotatable bonds is 8. The van der Waals surface area contributed by atoms with Crippen molar-refractivity contribution in [3.8, 4) is 0 Å². The molecule has 0 bridgehead atoms. The summed E-state index contributed by atoms with van der Waals surface area (Å²) >= 11 is 0. The van der Waals surface area contributed by atoms with Crippen molar-refractivity contribution in [2.24, 2.45) is 4.99 Å². The summed E-state index contributed by atoms with van der Waals surface area (Å²) in [6.45, 7) is 5.15. The zero-order chi connectivity index (χ0) is 16.2. The fourth-order valence-electron chi connectivity index (χ4n) is 2.89. The Morgan fingerprint density at radius 2 is 2.04 bits per heavy atom. The molecule has 1 fully saturated rings. The summed E-state index contributed by atoms with van der Waals surface area (Å²) in [5.41, 5.74) is 0. The smallest absolute Gasteiger partial charge is 0.191 e. The third-order valence-electron chi connectivity index (χ3n) is 4.11. The second-order valence-corrected chi connectivity index (χ2v) is 6.00. The van der Waals surface area contributed by atoms with Gasteiger partial charge in [-0.25, -0.2) is 0 Å². The molecule has 0 atom stereocenters. The lowest BCUT2D eigenvalue weighted by Crippen LogP contribution is -2.38. The number of furan rings is 1. The normalized spacial score (nSPS) is 16.3. The van der Waals surface area contributed by atoms with Crippen LogP contribution in [-0.4, -0.2) is 38.3 Å². The Morgan fingerprint density at radius 3 is 2.71 bits per heavy atom. The molecule has 0 amide bonds. The molecule has 6 heteroatoms. The molecule has 0 unspecified atom stereocenters. The Labute approximate surface area is 163 Å². The second-order valence-electron chi connectivity index (χ2n) is 6.00. The molecular weight excluding hydrogens is 417 g/mol. The molecule has 1 aromatic heterocycles. The average molecular weight is 449 g/mol. The number of ether oxygens (including phenoxy) is 1. The molecule has 1 heterocycles. The van der Waals surface area contributed by atoms with E-state index in [1.807, 2.05) is 12.1 Å². The zero-order valence-corrected chi connectivity index (χ0v) is 17.1. The van der Waals surface area contributed by atoms with E-state index in [1.54, 1.807) is 6.26 Å². The van der Waals surface area contributed by atoms with Gasteiger partial charge in [0.2, 0.25) is 0 Å². The Morgan fingerprint density at radius 1 is 1.25 bits per heavy atom. The summed E-state index contributed by atoms with van der Waals surface area (Å²) in [4.78, 5) is 4.58. The van der Waals surface area contributed by atoms with E-state index in [2.05, 4.69) is 22.5 Å². The van der Waals surface area contributed by atoms with Gasteiger partial charge in [-0.05, 0) is 31.9 Å². The van der Waals surface area contributed by atoms with Crippen molar-refractivity contribution in [1.82, 2.24) is 10.6 Å². The fourth-order valence-corrected chi connectivity index (χ4v) is 2.89. The van der Waals surface area contributed by atoms with Crippen LogP contribution in [0, 0.1) is 0 Å². The van der Waals surface area contributed by atoms with E-state index in [0.29, 0.717) is 19.3 Å². The maximum atomic E-state index is 5.98. The molecule has 24 heavy (non-hydrogen) atoms. The minimum Gasteiger partial charge on any atom is -0.469 e. The fraction of sp³-hybridized carbons (Fsp3) is 0.722. The average Bonchev–Trinajstić information content (AvgIpc) is 2.94. The van der Waals surface area contributed by atoms with E-state index in [-0.39, 0.29) is 24.0 Å². The predicted octanol–water partition coefficient (Wildman–Crippen LogP) is 3.73. The Hall–Kier alpha value is -0.760.